The van der Waals surface area contributed by atoms with E-state index in [1.165, 1.54) is 7.11 Å². The van der Waals surface area contributed by atoms with Gasteiger partial charge in [-0.25, -0.2) is 0 Å². The highest BCUT2D eigenvalue weighted by Gasteiger charge is 2.21. The number of halogens is 1. The second kappa shape index (κ2) is 6.96. The minimum Gasteiger partial charge on any atom is -0.468 e. The molecule has 0 aromatic rings. The van der Waals surface area contributed by atoms with Crippen LogP contribution in [0.2, 0.25) is 0 Å². The Balaban J connectivity index is 4.06. The fraction of sp³-hybridized carbons (Fsp3) is 0.818. The number of nitrogens with one attached hydrogen (secondary N) is 2. The van der Waals surface area contributed by atoms with Gasteiger partial charge in [0.15, 0.2) is 0 Å². The molecule has 17 heavy (non-hydrogen) atoms. The normalized spacial score (nSPS) is 14.9. The van der Waals surface area contributed by atoms with Gasteiger partial charge in [0.25, 0.3) is 0 Å². The van der Waals surface area contributed by atoms with Crippen LogP contribution in [0.5, 0.6) is 0 Å². The second-order valence-corrected chi connectivity index (χ2v) is 5.97. The number of carbonyl (C=O) groups is 2. The predicted molar refractivity (Wildman–Crippen MR) is 70.1 cm³/mol. The number of esters is 1. The number of carbonyl (C=O) groups excluding carboxylic acids is 2. The smallest absolute Gasteiger partial charge is 0.320 e. The van der Waals surface area contributed by atoms with Crippen molar-refractivity contribution in [3.05, 3.63) is 0 Å². The topological polar surface area (TPSA) is 67.4 Å². The minimum absolute atomic E-state index is 0.0953. The first-order valence-corrected chi connectivity index (χ1v) is 6.36. The van der Waals surface area contributed by atoms with Gasteiger partial charge in [0, 0.05) is 12.1 Å². The molecule has 0 aromatic carbocycles. The van der Waals surface area contributed by atoms with Crippen LogP contribution < -0.4 is 10.6 Å². The zero-order chi connectivity index (χ0) is 13.6. The molecular weight excluding hydrogens is 288 g/mol. The molecule has 0 aliphatic rings. The number of methoxy groups -OCH3 is 1. The summed E-state index contributed by atoms with van der Waals surface area (Å²) in [6.07, 6.45) is 0. The second-order valence-electron chi connectivity index (χ2n) is 4.86. The molecule has 2 N–H and O–H groups in total. The van der Waals surface area contributed by atoms with Crippen molar-refractivity contribution in [1.29, 1.82) is 0 Å². The fourth-order valence-corrected chi connectivity index (χ4v) is 1.44. The first-order chi connectivity index (χ1) is 7.67. The van der Waals surface area contributed by atoms with Gasteiger partial charge in [-0.2, -0.15) is 0 Å². The molecule has 0 saturated heterocycles. The zero-order valence-electron chi connectivity index (χ0n) is 11.0. The summed E-state index contributed by atoms with van der Waals surface area (Å²) in [6, 6.07) is -0.362. The highest BCUT2D eigenvalue weighted by Crippen LogP contribution is 2.02. The van der Waals surface area contributed by atoms with Crippen molar-refractivity contribution in [1.82, 2.24) is 10.6 Å². The third-order valence-electron chi connectivity index (χ3n) is 1.95. The SMILES string of the molecule is COC(=O)C(Br)CNC(C)C(=O)NC(C)(C)C. The van der Waals surface area contributed by atoms with Crippen molar-refractivity contribution < 1.29 is 14.3 Å². The number of alkyl halides is 1. The largest absolute Gasteiger partial charge is 0.468 e. The molecule has 0 bridgehead atoms. The van der Waals surface area contributed by atoms with Gasteiger partial charge in [-0.3, -0.25) is 9.59 Å². The van der Waals surface area contributed by atoms with Crippen LogP contribution in [0.3, 0.4) is 0 Å². The van der Waals surface area contributed by atoms with E-state index in [0.717, 1.165) is 0 Å². The summed E-state index contributed by atoms with van der Waals surface area (Å²) in [4.78, 5) is 22.4. The molecule has 0 rings (SSSR count). The quantitative estimate of drug-likeness (QED) is 0.583. The Labute approximate surface area is 111 Å². The molecule has 1 amide bonds. The summed E-state index contributed by atoms with van der Waals surface area (Å²) in [7, 11) is 1.33. The van der Waals surface area contributed by atoms with E-state index in [2.05, 4.69) is 31.3 Å². The Morgan fingerprint density at radius 1 is 1.35 bits per heavy atom. The first-order valence-electron chi connectivity index (χ1n) is 5.44. The minimum atomic E-state index is -0.447. The molecule has 0 radical (unpaired) electrons. The van der Waals surface area contributed by atoms with Crippen LogP contribution in [0.1, 0.15) is 27.7 Å². The van der Waals surface area contributed by atoms with Crippen molar-refractivity contribution in [3.63, 3.8) is 0 Å². The summed E-state index contributed by atoms with van der Waals surface area (Å²) in [5.74, 6) is -0.456. The molecule has 0 aliphatic carbocycles. The molecule has 0 spiro atoms. The van der Waals surface area contributed by atoms with Crippen LogP contribution in [-0.2, 0) is 14.3 Å². The predicted octanol–water partition coefficient (Wildman–Crippen LogP) is 0.816. The first kappa shape index (κ1) is 16.4. The number of hydrogen-bond acceptors (Lipinski definition) is 4. The Hall–Kier alpha value is -0.620. The Kier molecular flexibility index (Phi) is 6.70. The highest BCUT2D eigenvalue weighted by atomic mass is 79.9. The van der Waals surface area contributed by atoms with Crippen LogP contribution in [0.25, 0.3) is 0 Å². The summed E-state index contributed by atoms with van der Waals surface area (Å²) >= 11 is 3.17. The van der Waals surface area contributed by atoms with Crippen molar-refractivity contribution in [2.45, 2.75) is 44.1 Å². The molecule has 2 unspecified atom stereocenters. The van der Waals surface area contributed by atoms with Crippen LogP contribution in [0.15, 0.2) is 0 Å². The monoisotopic (exact) mass is 308 g/mol. The average Bonchev–Trinajstić information content (AvgIpc) is 2.21. The average molecular weight is 309 g/mol. The summed E-state index contributed by atoms with van der Waals surface area (Å²) in [5.41, 5.74) is -0.261. The van der Waals surface area contributed by atoms with E-state index in [-0.39, 0.29) is 23.5 Å². The molecule has 5 nitrogen and oxygen atoms in total. The molecule has 0 aromatic heterocycles. The lowest BCUT2D eigenvalue weighted by atomic mass is 10.1. The van der Waals surface area contributed by atoms with E-state index in [9.17, 15) is 9.59 Å². The summed E-state index contributed by atoms with van der Waals surface area (Å²) < 4.78 is 4.56. The molecular formula is C11H21BrN2O3. The molecule has 100 valence electrons. The Morgan fingerprint density at radius 2 is 1.88 bits per heavy atom. The van der Waals surface area contributed by atoms with Gasteiger partial charge in [0.1, 0.15) is 4.83 Å². The Bertz CT molecular complexity index is 276. The van der Waals surface area contributed by atoms with Crippen molar-refractivity contribution in [2.24, 2.45) is 0 Å². The molecule has 0 aliphatic heterocycles. The lowest BCUT2D eigenvalue weighted by Crippen LogP contribution is -2.50. The zero-order valence-corrected chi connectivity index (χ0v) is 12.6. The van der Waals surface area contributed by atoms with Crippen LogP contribution in [0, 0.1) is 0 Å². The standard InChI is InChI=1S/C11H21BrN2O3/c1-7(9(15)14-11(2,3)4)13-6-8(12)10(16)17-5/h7-8,13H,6H2,1-5H3,(H,14,15). The lowest BCUT2D eigenvalue weighted by molar-refractivity contribution is -0.139. The van der Waals surface area contributed by atoms with E-state index in [1.807, 2.05) is 20.8 Å². The van der Waals surface area contributed by atoms with Gasteiger partial charge in [0.2, 0.25) is 5.91 Å². The molecule has 0 fully saturated rings. The fourth-order valence-electron chi connectivity index (χ4n) is 1.06. The maximum Gasteiger partial charge on any atom is 0.320 e. The molecule has 0 saturated carbocycles. The Morgan fingerprint density at radius 3 is 2.29 bits per heavy atom. The van der Waals surface area contributed by atoms with Gasteiger partial charge in [-0.1, -0.05) is 15.9 Å². The van der Waals surface area contributed by atoms with E-state index in [1.54, 1.807) is 6.92 Å². The molecule has 0 heterocycles. The third kappa shape index (κ3) is 7.33. The van der Waals surface area contributed by atoms with E-state index in [4.69, 9.17) is 0 Å². The summed E-state index contributed by atoms with van der Waals surface area (Å²) in [5, 5.41) is 5.81. The third-order valence-corrected chi connectivity index (χ3v) is 2.65. The van der Waals surface area contributed by atoms with E-state index in [0.29, 0.717) is 6.54 Å². The number of ether oxygens (including phenoxy) is 1. The summed E-state index contributed by atoms with van der Waals surface area (Å²) in [6.45, 7) is 7.83. The van der Waals surface area contributed by atoms with Crippen LogP contribution >= 0.6 is 15.9 Å². The number of amides is 1. The van der Waals surface area contributed by atoms with Crippen LogP contribution in [0.4, 0.5) is 0 Å². The van der Waals surface area contributed by atoms with Crippen molar-refractivity contribution in [3.8, 4) is 0 Å². The van der Waals surface area contributed by atoms with Gasteiger partial charge >= 0.3 is 5.97 Å². The van der Waals surface area contributed by atoms with Gasteiger partial charge in [-0.15, -0.1) is 0 Å². The van der Waals surface area contributed by atoms with Gasteiger partial charge in [-0.05, 0) is 27.7 Å². The van der Waals surface area contributed by atoms with Gasteiger partial charge < -0.3 is 15.4 Å². The number of rotatable bonds is 5. The van der Waals surface area contributed by atoms with Crippen molar-refractivity contribution >= 4 is 27.8 Å². The molecule has 6 heteroatoms. The molecule has 2 atom stereocenters. The highest BCUT2D eigenvalue weighted by molar-refractivity contribution is 9.10. The van der Waals surface area contributed by atoms with Gasteiger partial charge in [0.05, 0.1) is 13.2 Å². The van der Waals surface area contributed by atoms with E-state index < -0.39 is 4.83 Å². The maximum absolute atomic E-state index is 11.7. The number of hydrogen-bond donors (Lipinski definition) is 2. The van der Waals surface area contributed by atoms with Crippen molar-refractivity contribution in [2.75, 3.05) is 13.7 Å². The van der Waals surface area contributed by atoms with E-state index >= 15 is 0 Å². The maximum atomic E-state index is 11.7. The lowest BCUT2D eigenvalue weighted by Gasteiger charge is -2.24. The van der Waals surface area contributed by atoms with Crippen LogP contribution in [-0.4, -0.2) is 41.9 Å².